The maximum Gasteiger partial charge on any atom is 0.375 e. The van der Waals surface area contributed by atoms with E-state index in [1.807, 2.05) is 10.8 Å². The summed E-state index contributed by atoms with van der Waals surface area (Å²) in [6, 6.07) is 0. The van der Waals surface area contributed by atoms with Crippen molar-refractivity contribution in [2.75, 3.05) is 11.9 Å². The summed E-state index contributed by atoms with van der Waals surface area (Å²) in [7, 11) is 0. The lowest BCUT2D eigenvalue weighted by molar-refractivity contribution is -0.385. The molecule has 0 atom stereocenters. The molecular formula is C10H12N6O3. The highest BCUT2D eigenvalue weighted by Crippen LogP contribution is 2.14. The molecule has 2 rings (SSSR count). The summed E-state index contributed by atoms with van der Waals surface area (Å²) < 4.78 is 1.89. The zero-order valence-corrected chi connectivity index (χ0v) is 9.94. The number of anilines is 1. The van der Waals surface area contributed by atoms with Gasteiger partial charge >= 0.3 is 11.2 Å². The molecule has 2 aromatic heterocycles. The van der Waals surface area contributed by atoms with E-state index in [9.17, 15) is 14.9 Å². The van der Waals surface area contributed by atoms with Gasteiger partial charge in [0.2, 0.25) is 5.82 Å². The third kappa shape index (κ3) is 3.15. The number of rotatable bonds is 6. The number of aryl methyl sites for hydroxylation is 1. The van der Waals surface area contributed by atoms with E-state index in [1.54, 1.807) is 12.5 Å². The summed E-state index contributed by atoms with van der Waals surface area (Å²) in [5.41, 5.74) is -1.33. The highest BCUT2D eigenvalue weighted by molar-refractivity contribution is 5.53. The Hall–Kier alpha value is -2.71. The number of hydrogen-bond acceptors (Lipinski definition) is 6. The predicted octanol–water partition coefficient (Wildman–Crippen LogP) is 0.377. The summed E-state index contributed by atoms with van der Waals surface area (Å²) in [6.45, 7) is 1.19. The Morgan fingerprint density at radius 1 is 1.53 bits per heavy atom. The topological polar surface area (TPSA) is 119 Å². The van der Waals surface area contributed by atoms with Crippen molar-refractivity contribution >= 4 is 11.5 Å². The maximum absolute atomic E-state index is 11.3. The van der Waals surface area contributed by atoms with Gasteiger partial charge in [0.15, 0.2) is 0 Å². The van der Waals surface area contributed by atoms with Gasteiger partial charge in [0, 0.05) is 25.5 Å². The number of hydrogen-bond donors (Lipinski definition) is 2. The summed E-state index contributed by atoms with van der Waals surface area (Å²) in [5.74, 6) is -0.0145. The molecule has 0 aliphatic rings. The van der Waals surface area contributed by atoms with Crippen LogP contribution in [0.4, 0.5) is 11.5 Å². The number of aromatic amines is 1. The van der Waals surface area contributed by atoms with E-state index in [2.05, 4.69) is 20.3 Å². The Morgan fingerprint density at radius 2 is 2.37 bits per heavy atom. The summed E-state index contributed by atoms with van der Waals surface area (Å²) in [6.07, 6.45) is 7.05. The van der Waals surface area contributed by atoms with Crippen molar-refractivity contribution in [2.45, 2.75) is 13.0 Å². The lowest BCUT2D eigenvalue weighted by Crippen LogP contribution is -2.17. The third-order valence-electron chi connectivity index (χ3n) is 2.46. The van der Waals surface area contributed by atoms with Gasteiger partial charge in [-0.25, -0.2) is 9.97 Å². The van der Waals surface area contributed by atoms with Crippen LogP contribution in [0.3, 0.4) is 0 Å². The second kappa shape index (κ2) is 5.76. The van der Waals surface area contributed by atoms with Crippen molar-refractivity contribution in [3.8, 4) is 0 Å². The van der Waals surface area contributed by atoms with Gasteiger partial charge in [0.05, 0.1) is 17.6 Å². The standard InChI is InChI=1S/C10H12N6O3/c17-10-8(16(18)19)9(13-6-14-10)12-2-1-4-15-5-3-11-7-15/h3,5-7H,1-2,4H2,(H2,12,13,14,17). The van der Waals surface area contributed by atoms with Crippen LogP contribution in [0.1, 0.15) is 6.42 Å². The Bertz CT molecular complexity index is 606. The Labute approximate surface area is 107 Å². The van der Waals surface area contributed by atoms with Crippen LogP contribution in [0.5, 0.6) is 0 Å². The second-order valence-electron chi connectivity index (χ2n) is 3.77. The van der Waals surface area contributed by atoms with Crippen molar-refractivity contribution in [3.05, 3.63) is 45.5 Å². The quantitative estimate of drug-likeness (QED) is 0.442. The number of nitrogens with one attached hydrogen (secondary N) is 2. The van der Waals surface area contributed by atoms with Crippen LogP contribution < -0.4 is 10.9 Å². The number of nitro groups is 1. The molecule has 9 heteroatoms. The largest absolute Gasteiger partial charge is 0.375 e. The zero-order chi connectivity index (χ0) is 13.7. The first kappa shape index (κ1) is 12.7. The second-order valence-corrected chi connectivity index (χ2v) is 3.77. The predicted molar refractivity (Wildman–Crippen MR) is 66.8 cm³/mol. The lowest BCUT2D eigenvalue weighted by Gasteiger charge is -2.05. The van der Waals surface area contributed by atoms with Crippen LogP contribution in [0, 0.1) is 10.1 Å². The fourth-order valence-corrected chi connectivity index (χ4v) is 1.58. The molecule has 0 fully saturated rings. The molecule has 0 bridgehead atoms. The summed E-state index contributed by atoms with van der Waals surface area (Å²) in [4.78, 5) is 31.2. The van der Waals surface area contributed by atoms with Gasteiger partial charge in [0.1, 0.15) is 0 Å². The number of aromatic nitrogens is 4. The van der Waals surface area contributed by atoms with E-state index < -0.39 is 16.2 Å². The first-order valence-corrected chi connectivity index (χ1v) is 5.60. The molecule has 2 aromatic rings. The minimum Gasteiger partial charge on any atom is -0.364 e. The zero-order valence-electron chi connectivity index (χ0n) is 9.94. The SMILES string of the molecule is O=c1[nH]cnc(NCCCn2ccnc2)c1[N+](=O)[O-]. The molecule has 2 N–H and O–H groups in total. The molecule has 0 aliphatic carbocycles. The number of imidazole rings is 1. The van der Waals surface area contributed by atoms with Crippen molar-refractivity contribution in [1.82, 2.24) is 19.5 Å². The van der Waals surface area contributed by atoms with Crippen LogP contribution in [-0.2, 0) is 6.54 Å². The maximum atomic E-state index is 11.3. The molecule has 0 radical (unpaired) electrons. The van der Waals surface area contributed by atoms with Gasteiger partial charge in [-0.2, -0.15) is 0 Å². The average molecular weight is 264 g/mol. The van der Waals surface area contributed by atoms with Crippen molar-refractivity contribution in [2.24, 2.45) is 0 Å². The van der Waals surface area contributed by atoms with Crippen LogP contribution in [-0.4, -0.2) is 31.0 Å². The number of H-pyrrole nitrogens is 1. The first-order valence-electron chi connectivity index (χ1n) is 5.60. The molecule has 100 valence electrons. The Kier molecular flexibility index (Phi) is 3.86. The van der Waals surface area contributed by atoms with Gasteiger partial charge in [0.25, 0.3) is 0 Å². The Morgan fingerprint density at radius 3 is 3.05 bits per heavy atom. The molecular weight excluding hydrogens is 252 g/mol. The van der Waals surface area contributed by atoms with Crippen LogP contribution in [0.2, 0.25) is 0 Å². The summed E-state index contributed by atoms with van der Waals surface area (Å²) >= 11 is 0. The van der Waals surface area contributed by atoms with E-state index in [0.717, 1.165) is 19.3 Å². The van der Waals surface area contributed by atoms with Gasteiger partial charge < -0.3 is 14.9 Å². The minimum atomic E-state index is -0.767. The molecule has 2 heterocycles. The van der Waals surface area contributed by atoms with E-state index in [0.29, 0.717) is 6.54 Å². The van der Waals surface area contributed by atoms with Crippen LogP contribution in [0.25, 0.3) is 0 Å². The highest BCUT2D eigenvalue weighted by Gasteiger charge is 2.19. The molecule has 0 spiro atoms. The average Bonchev–Trinajstić information content (AvgIpc) is 2.87. The highest BCUT2D eigenvalue weighted by atomic mass is 16.6. The minimum absolute atomic E-state index is 0.0145. The van der Waals surface area contributed by atoms with Gasteiger partial charge in [-0.3, -0.25) is 14.9 Å². The molecule has 0 saturated heterocycles. The normalized spacial score (nSPS) is 10.3. The first-order chi connectivity index (χ1) is 9.18. The van der Waals surface area contributed by atoms with Gasteiger partial charge in [-0.15, -0.1) is 0 Å². The van der Waals surface area contributed by atoms with Crippen molar-refractivity contribution < 1.29 is 4.92 Å². The molecule has 0 amide bonds. The van der Waals surface area contributed by atoms with E-state index in [4.69, 9.17) is 0 Å². The third-order valence-corrected chi connectivity index (χ3v) is 2.46. The van der Waals surface area contributed by atoms with E-state index in [-0.39, 0.29) is 5.82 Å². The summed E-state index contributed by atoms with van der Waals surface area (Å²) in [5, 5.41) is 13.5. The van der Waals surface area contributed by atoms with Crippen LogP contribution >= 0.6 is 0 Å². The molecule has 19 heavy (non-hydrogen) atoms. The Balaban J connectivity index is 1.94. The van der Waals surface area contributed by atoms with Crippen LogP contribution in [0.15, 0.2) is 29.8 Å². The van der Waals surface area contributed by atoms with Gasteiger partial charge in [-0.05, 0) is 6.42 Å². The fourth-order valence-electron chi connectivity index (χ4n) is 1.58. The molecule has 0 aromatic carbocycles. The molecule has 0 unspecified atom stereocenters. The lowest BCUT2D eigenvalue weighted by atomic mass is 10.4. The molecule has 0 saturated carbocycles. The van der Waals surface area contributed by atoms with E-state index in [1.165, 1.54) is 0 Å². The van der Waals surface area contributed by atoms with Gasteiger partial charge in [-0.1, -0.05) is 0 Å². The van der Waals surface area contributed by atoms with Crippen molar-refractivity contribution in [1.29, 1.82) is 0 Å². The molecule has 9 nitrogen and oxygen atoms in total. The monoisotopic (exact) mass is 264 g/mol. The van der Waals surface area contributed by atoms with E-state index >= 15 is 0 Å². The van der Waals surface area contributed by atoms with Crippen molar-refractivity contribution in [3.63, 3.8) is 0 Å². The molecule has 0 aliphatic heterocycles. The smallest absolute Gasteiger partial charge is 0.364 e. The fraction of sp³-hybridized carbons (Fsp3) is 0.300. The number of nitrogens with zero attached hydrogens (tertiary/aromatic N) is 4.